The van der Waals surface area contributed by atoms with Crippen LogP contribution < -0.4 is 22.3 Å². The van der Waals surface area contributed by atoms with Crippen molar-refractivity contribution in [3.05, 3.63) is 27.0 Å². The van der Waals surface area contributed by atoms with E-state index in [1.807, 2.05) is 4.98 Å². The van der Waals surface area contributed by atoms with Crippen LogP contribution in [0.5, 0.6) is 0 Å². The van der Waals surface area contributed by atoms with Crippen molar-refractivity contribution in [3.63, 3.8) is 0 Å². The number of hydrogen-bond acceptors (Lipinski definition) is 4. The summed E-state index contributed by atoms with van der Waals surface area (Å²) in [5.74, 6) is -0.188. The van der Waals surface area contributed by atoms with Gasteiger partial charge in [0.1, 0.15) is 5.69 Å². The number of anilines is 1. The number of carbonyl (C=O) groups excluding carboxylic acids is 1. The molecule has 1 heterocycles. The normalized spacial score (nSPS) is 9.93. The highest BCUT2D eigenvalue weighted by atomic mass is 16.2. The highest BCUT2D eigenvalue weighted by molar-refractivity contribution is 5.75. The molecule has 0 atom stereocenters. The summed E-state index contributed by atoms with van der Waals surface area (Å²) in [5.41, 5.74) is 4.09. The number of nitrogen functional groups attached to an aromatic ring is 1. The maximum atomic E-state index is 11.2. The van der Waals surface area contributed by atoms with Gasteiger partial charge in [-0.2, -0.15) is 0 Å². The van der Waals surface area contributed by atoms with Crippen LogP contribution in [0.4, 0.5) is 5.69 Å². The first-order valence-corrected chi connectivity index (χ1v) is 4.34. The van der Waals surface area contributed by atoms with Crippen LogP contribution in [0.25, 0.3) is 0 Å². The average molecular weight is 212 g/mol. The molecule has 0 aliphatic rings. The van der Waals surface area contributed by atoms with Crippen LogP contribution in [0.3, 0.4) is 0 Å². The molecule has 0 aromatic carbocycles. The minimum atomic E-state index is -0.615. The second-order valence-corrected chi connectivity index (χ2v) is 2.96. The van der Waals surface area contributed by atoms with Crippen LogP contribution in [0.15, 0.2) is 15.8 Å². The van der Waals surface area contributed by atoms with Crippen LogP contribution in [0.2, 0.25) is 0 Å². The van der Waals surface area contributed by atoms with E-state index in [2.05, 4.69) is 5.32 Å². The fraction of sp³-hybridized carbons (Fsp3) is 0.375. The Hall–Kier alpha value is -2.05. The summed E-state index contributed by atoms with van der Waals surface area (Å²) in [4.78, 5) is 35.1. The van der Waals surface area contributed by atoms with Crippen molar-refractivity contribution in [2.75, 3.05) is 12.8 Å². The summed E-state index contributed by atoms with van der Waals surface area (Å²) in [6.07, 6.45) is 1.38. The van der Waals surface area contributed by atoms with Crippen molar-refractivity contribution in [2.45, 2.75) is 13.0 Å². The minimum Gasteiger partial charge on any atom is -0.393 e. The van der Waals surface area contributed by atoms with E-state index in [-0.39, 0.29) is 24.6 Å². The smallest absolute Gasteiger partial charge is 0.328 e. The zero-order valence-corrected chi connectivity index (χ0v) is 8.24. The molecule has 7 nitrogen and oxygen atoms in total. The summed E-state index contributed by atoms with van der Waals surface area (Å²) in [6, 6.07) is 0. The Bertz CT molecular complexity index is 474. The lowest BCUT2D eigenvalue weighted by molar-refractivity contribution is -0.120. The summed E-state index contributed by atoms with van der Waals surface area (Å²) >= 11 is 0. The van der Waals surface area contributed by atoms with E-state index in [1.54, 1.807) is 0 Å². The van der Waals surface area contributed by atoms with Crippen molar-refractivity contribution in [1.82, 2.24) is 14.9 Å². The Balaban J connectivity index is 2.87. The monoisotopic (exact) mass is 212 g/mol. The number of rotatable bonds is 3. The van der Waals surface area contributed by atoms with Crippen LogP contribution in [-0.4, -0.2) is 22.5 Å². The third-order valence-electron chi connectivity index (χ3n) is 1.90. The second kappa shape index (κ2) is 4.45. The quantitative estimate of drug-likeness (QED) is 0.552. The molecule has 7 heteroatoms. The number of aromatic amines is 1. The number of nitrogens with two attached hydrogens (primary N) is 1. The van der Waals surface area contributed by atoms with Crippen molar-refractivity contribution in [1.29, 1.82) is 0 Å². The molecule has 0 saturated carbocycles. The van der Waals surface area contributed by atoms with E-state index in [4.69, 9.17) is 5.73 Å². The van der Waals surface area contributed by atoms with Crippen LogP contribution >= 0.6 is 0 Å². The molecule has 0 spiro atoms. The molecule has 4 N–H and O–H groups in total. The lowest BCUT2D eigenvalue weighted by Gasteiger charge is -2.04. The fourth-order valence-electron chi connectivity index (χ4n) is 1.04. The second-order valence-electron chi connectivity index (χ2n) is 2.96. The fourth-order valence-corrected chi connectivity index (χ4v) is 1.04. The summed E-state index contributed by atoms with van der Waals surface area (Å²) < 4.78 is 1.19. The first kappa shape index (κ1) is 11.0. The van der Waals surface area contributed by atoms with Gasteiger partial charge in [-0.15, -0.1) is 0 Å². The number of nitrogens with zero attached hydrogens (tertiary/aromatic N) is 1. The summed E-state index contributed by atoms with van der Waals surface area (Å²) in [6.45, 7) is 0.180. The zero-order valence-electron chi connectivity index (χ0n) is 8.24. The van der Waals surface area contributed by atoms with Gasteiger partial charge in [0.25, 0.3) is 5.56 Å². The molecule has 0 fully saturated rings. The molecule has 0 bridgehead atoms. The Kier molecular flexibility index (Phi) is 3.27. The van der Waals surface area contributed by atoms with E-state index in [9.17, 15) is 14.4 Å². The molecule has 1 aromatic heterocycles. The van der Waals surface area contributed by atoms with E-state index in [0.717, 1.165) is 0 Å². The maximum absolute atomic E-state index is 11.2. The topological polar surface area (TPSA) is 110 Å². The third kappa shape index (κ3) is 2.70. The van der Waals surface area contributed by atoms with Gasteiger partial charge in [-0.1, -0.05) is 0 Å². The Morgan fingerprint density at radius 3 is 2.87 bits per heavy atom. The number of H-pyrrole nitrogens is 1. The molecule has 82 valence electrons. The average Bonchev–Trinajstić information content (AvgIpc) is 2.21. The van der Waals surface area contributed by atoms with Gasteiger partial charge in [0.05, 0.1) is 0 Å². The first-order chi connectivity index (χ1) is 7.04. The lowest BCUT2D eigenvalue weighted by Crippen LogP contribution is -2.32. The largest absolute Gasteiger partial charge is 0.393 e. The number of nitrogens with one attached hydrogen (secondary N) is 2. The van der Waals surface area contributed by atoms with Gasteiger partial charge in [-0.05, 0) is 0 Å². The molecule has 0 aliphatic heterocycles. The molecular weight excluding hydrogens is 200 g/mol. The van der Waals surface area contributed by atoms with Crippen molar-refractivity contribution < 1.29 is 4.79 Å². The molecule has 15 heavy (non-hydrogen) atoms. The zero-order chi connectivity index (χ0) is 11.4. The van der Waals surface area contributed by atoms with E-state index in [0.29, 0.717) is 0 Å². The van der Waals surface area contributed by atoms with Gasteiger partial charge in [0.2, 0.25) is 5.91 Å². The minimum absolute atomic E-state index is 0.0495. The third-order valence-corrected chi connectivity index (χ3v) is 1.90. The van der Waals surface area contributed by atoms with Gasteiger partial charge in [0, 0.05) is 26.2 Å². The molecule has 0 radical (unpaired) electrons. The molecular formula is C8H12N4O3. The molecule has 0 unspecified atom stereocenters. The number of hydrogen-bond donors (Lipinski definition) is 3. The number of aromatic nitrogens is 2. The van der Waals surface area contributed by atoms with E-state index in [1.165, 1.54) is 17.8 Å². The van der Waals surface area contributed by atoms with E-state index >= 15 is 0 Å². The van der Waals surface area contributed by atoms with Gasteiger partial charge < -0.3 is 11.1 Å². The highest BCUT2D eigenvalue weighted by Gasteiger charge is 2.03. The number of carbonyl (C=O) groups is 1. The molecule has 1 rings (SSSR count). The Labute approximate surface area is 84.9 Å². The van der Waals surface area contributed by atoms with Crippen molar-refractivity contribution in [2.24, 2.45) is 0 Å². The Morgan fingerprint density at radius 2 is 2.27 bits per heavy atom. The van der Waals surface area contributed by atoms with Gasteiger partial charge >= 0.3 is 5.69 Å². The standard InChI is InChI=1S/C8H12N4O3/c1-10-6(13)2-3-12-4-5(9)7(14)11-8(12)15/h4H,2-3,9H2,1H3,(H,10,13)(H,11,14,15). The maximum Gasteiger partial charge on any atom is 0.328 e. The predicted octanol–water partition coefficient (Wildman–Crippen LogP) is -1.75. The highest BCUT2D eigenvalue weighted by Crippen LogP contribution is 1.90. The molecule has 0 saturated heterocycles. The van der Waals surface area contributed by atoms with Crippen molar-refractivity contribution >= 4 is 11.6 Å². The Morgan fingerprint density at radius 1 is 1.60 bits per heavy atom. The first-order valence-electron chi connectivity index (χ1n) is 4.34. The molecule has 1 aromatic rings. The number of aryl methyl sites for hydroxylation is 1. The van der Waals surface area contributed by atoms with Gasteiger partial charge in [0.15, 0.2) is 0 Å². The summed E-state index contributed by atoms with van der Waals surface area (Å²) in [5, 5.41) is 2.42. The van der Waals surface area contributed by atoms with Gasteiger partial charge in [-0.3, -0.25) is 19.1 Å². The van der Waals surface area contributed by atoms with Crippen LogP contribution in [-0.2, 0) is 11.3 Å². The van der Waals surface area contributed by atoms with E-state index < -0.39 is 11.2 Å². The predicted molar refractivity (Wildman–Crippen MR) is 54.4 cm³/mol. The summed E-state index contributed by atoms with van der Waals surface area (Å²) in [7, 11) is 1.51. The SMILES string of the molecule is CNC(=O)CCn1cc(N)c(=O)[nH]c1=O. The van der Waals surface area contributed by atoms with Crippen LogP contribution in [0.1, 0.15) is 6.42 Å². The number of amides is 1. The lowest BCUT2D eigenvalue weighted by atomic mass is 10.4. The molecule has 0 aliphatic carbocycles. The van der Waals surface area contributed by atoms with Gasteiger partial charge in [-0.25, -0.2) is 4.79 Å². The van der Waals surface area contributed by atoms with Crippen LogP contribution in [0, 0.1) is 0 Å². The van der Waals surface area contributed by atoms with Crippen molar-refractivity contribution in [3.8, 4) is 0 Å². The molecule has 1 amide bonds.